The van der Waals surface area contributed by atoms with Gasteiger partial charge in [0.1, 0.15) is 0 Å². The van der Waals surface area contributed by atoms with E-state index in [0.29, 0.717) is 18.1 Å². The molecule has 0 aliphatic carbocycles. The molecule has 1 fully saturated rings. The van der Waals surface area contributed by atoms with E-state index >= 15 is 0 Å². The molecule has 0 spiro atoms. The summed E-state index contributed by atoms with van der Waals surface area (Å²) in [5, 5.41) is 12.2. The molecule has 21 heavy (non-hydrogen) atoms. The molecule has 2 N–H and O–H groups in total. The minimum atomic E-state index is -0.217. The second-order valence-electron chi connectivity index (χ2n) is 5.36. The van der Waals surface area contributed by atoms with Crippen molar-refractivity contribution in [2.45, 2.75) is 18.5 Å². The van der Waals surface area contributed by atoms with Crippen molar-refractivity contribution in [1.29, 1.82) is 0 Å². The van der Waals surface area contributed by atoms with Crippen LogP contribution in [0, 0.1) is 0 Å². The molecule has 0 saturated carbocycles. The van der Waals surface area contributed by atoms with Gasteiger partial charge in [0.25, 0.3) is 0 Å². The van der Waals surface area contributed by atoms with Gasteiger partial charge in [0.2, 0.25) is 5.88 Å². The van der Waals surface area contributed by atoms with Crippen LogP contribution in [0.25, 0.3) is 0 Å². The van der Waals surface area contributed by atoms with E-state index < -0.39 is 0 Å². The largest absolute Gasteiger partial charge is 0.481 e. The van der Waals surface area contributed by atoms with Crippen LogP contribution in [0.4, 0.5) is 10.5 Å². The van der Waals surface area contributed by atoms with Crippen molar-refractivity contribution in [2.75, 3.05) is 39.7 Å². The topological polar surface area (TPSA) is 77.9 Å². The van der Waals surface area contributed by atoms with Crippen LogP contribution in [-0.4, -0.2) is 72.4 Å². The van der Waals surface area contributed by atoms with Crippen LogP contribution in [0.1, 0.15) is 6.42 Å². The van der Waals surface area contributed by atoms with Crippen molar-refractivity contribution in [1.82, 2.24) is 14.8 Å². The van der Waals surface area contributed by atoms with Crippen LogP contribution in [0.5, 0.6) is 5.88 Å². The van der Waals surface area contributed by atoms with E-state index in [2.05, 4.69) is 15.2 Å². The number of likely N-dealkylation sites (N-methyl/N-ethyl adjacent to an activating group) is 1. The number of hydrogen-bond acceptors (Lipinski definition) is 5. The number of rotatable bonds is 4. The number of aromatic nitrogens is 1. The van der Waals surface area contributed by atoms with Gasteiger partial charge in [0.15, 0.2) is 0 Å². The molecule has 1 saturated heterocycles. The Morgan fingerprint density at radius 1 is 1.57 bits per heavy atom. The fourth-order valence-corrected chi connectivity index (χ4v) is 2.46. The van der Waals surface area contributed by atoms with Crippen LogP contribution in [0.3, 0.4) is 0 Å². The van der Waals surface area contributed by atoms with E-state index in [9.17, 15) is 9.90 Å². The van der Waals surface area contributed by atoms with Crippen LogP contribution in [0.2, 0.25) is 0 Å². The zero-order valence-corrected chi connectivity index (χ0v) is 12.6. The lowest BCUT2D eigenvalue weighted by molar-refractivity contribution is 0.166. The first-order valence-corrected chi connectivity index (χ1v) is 6.90. The average Bonchev–Trinajstić information content (AvgIpc) is 2.92. The molecule has 2 amide bonds. The number of ether oxygens (including phenoxy) is 1. The lowest BCUT2D eigenvalue weighted by Crippen LogP contribution is -2.41. The maximum Gasteiger partial charge on any atom is 0.322 e. The van der Waals surface area contributed by atoms with Crippen LogP contribution in [-0.2, 0) is 0 Å². The summed E-state index contributed by atoms with van der Waals surface area (Å²) in [6, 6.07) is 3.32. The van der Waals surface area contributed by atoms with E-state index in [0.717, 1.165) is 6.42 Å². The molecular formula is C14H22N4O3. The number of pyridine rings is 1. The van der Waals surface area contributed by atoms with Gasteiger partial charge in [-0.15, -0.1) is 0 Å². The average molecular weight is 294 g/mol. The molecule has 116 valence electrons. The molecule has 2 atom stereocenters. The Kier molecular flexibility index (Phi) is 4.98. The van der Waals surface area contributed by atoms with Gasteiger partial charge in [-0.2, -0.15) is 0 Å². The number of nitrogens with zero attached hydrogens (tertiary/aromatic N) is 3. The summed E-state index contributed by atoms with van der Waals surface area (Å²) >= 11 is 0. The number of aliphatic hydroxyl groups excluding tert-OH is 1. The monoisotopic (exact) mass is 294 g/mol. The first-order chi connectivity index (χ1) is 10.0. The summed E-state index contributed by atoms with van der Waals surface area (Å²) in [5.41, 5.74) is 0.603. The molecule has 7 nitrogen and oxygen atoms in total. The zero-order valence-electron chi connectivity index (χ0n) is 12.6. The molecule has 1 aliphatic heterocycles. The smallest absolute Gasteiger partial charge is 0.322 e. The molecule has 1 aromatic rings. The number of nitrogens with one attached hydrogen (secondary N) is 1. The van der Waals surface area contributed by atoms with Gasteiger partial charge in [-0.25, -0.2) is 9.78 Å². The van der Waals surface area contributed by atoms with E-state index in [1.807, 2.05) is 14.1 Å². The Bertz CT molecular complexity index is 478. The highest BCUT2D eigenvalue weighted by molar-refractivity contribution is 5.89. The van der Waals surface area contributed by atoms with Crippen molar-refractivity contribution in [3.8, 4) is 5.88 Å². The lowest BCUT2D eigenvalue weighted by atomic mass is 10.2. The first kappa shape index (κ1) is 15.5. The predicted molar refractivity (Wildman–Crippen MR) is 79.5 cm³/mol. The summed E-state index contributed by atoms with van der Waals surface area (Å²) in [5.74, 6) is 0.495. The molecule has 0 bridgehead atoms. The standard InChI is InChI=1S/C14H22N4O3/c1-17(2)11-6-12(9-19)18(8-11)14(20)16-10-4-5-13(21-3)15-7-10/h4-5,7,11-12,19H,6,8-9H2,1-3H3,(H,16,20)/t11-,12+/m1/s1. The van der Waals surface area contributed by atoms with E-state index in [-0.39, 0.29) is 24.7 Å². The summed E-state index contributed by atoms with van der Waals surface area (Å²) in [6.45, 7) is 0.576. The highest BCUT2D eigenvalue weighted by atomic mass is 16.5. The molecule has 1 aromatic heterocycles. The Morgan fingerprint density at radius 2 is 2.33 bits per heavy atom. The van der Waals surface area contributed by atoms with Gasteiger partial charge in [-0.05, 0) is 26.6 Å². The van der Waals surface area contributed by atoms with Crippen LogP contribution >= 0.6 is 0 Å². The lowest BCUT2D eigenvalue weighted by Gasteiger charge is -2.23. The summed E-state index contributed by atoms with van der Waals surface area (Å²) < 4.78 is 4.98. The molecule has 0 aromatic carbocycles. The quantitative estimate of drug-likeness (QED) is 0.851. The molecule has 2 rings (SSSR count). The highest BCUT2D eigenvalue weighted by Crippen LogP contribution is 2.22. The molecule has 0 unspecified atom stereocenters. The number of methoxy groups -OCH3 is 1. The minimum absolute atomic E-state index is 0.0291. The number of hydrogen-bond donors (Lipinski definition) is 2. The van der Waals surface area contributed by atoms with E-state index in [1.54, 1.807) is 23.2 Å². The Labute approximate surface area is 124 Å². The predicted octanol–water partition coefficient (Wildman–Crippen LogP) is 0.619. The highest BCUT2D eigenvalue weighted by Gasteiger charge is 2.35. The third-order valence-electron chi connectivity index (χ3n) is 3.79. The normalized spacial score (nSPS) is 21.7. The van der Waals surface area contributed by atoms with Gasteiger partial charge in [-0.1, -0.05) is 0 Å². The van der Waals surface area contributed by atoms with Gasteiger partial charge in [-0.3, -0.25) is 0 Å². The Morgan fingerprint density at radius 3 is 2.86 bits per heavy atom. The van der Waals surface area contributed by atoms with E-state index in [1.165, 1.54) is 7.11 Å². The van der Waals surface area contributed by atoms with Crippen molar-refractivity contribution >= 4 is 11.7 Å². The van der Waals surface area contributed by atoms with Crippen molar-refractivity contribution < 1.29 is 14.6 Å². The van der Waals surface area contributed by atoms with Crippen LogP contribution in [0.15, 0.2) is 18.3 Å². The molecule has 0 radical (unpaired) electrons. The van der Waals surface area contributed by atoms with Gasteiger partial charge >= 0.3 is 6.03 Å². The number of carbonyl (C=O) groups excluding carboxylic acids is 1. The second kappa shape index (κ2) is 6.73. The number of aliphatic hydroxyl groups is 1. The maximum atomic E-state index is 12.3. The Balaban J connectivity index is 2.01. The fraction of sp³-hybridized carbons (Fsp3) is 0.571. The molecule has 1 aliphatic rings. The minimum Gasteiger partial charge on any atom is -0.481 e. The first-order valence-electron chi connectivity index (χ1n) is 6.90. The fourth-order valence-electron chi connectivity index (χ4n) is 2.46. The maximum absolute atomic E-state index is 12.3. The number of likely N-dealkylation sites (tertiary alicyclic amines) is 1. The summed E-state index contributed by atoms with van der Waals surface area (Å²) in [7, 11) is 5.50. The number of anilines is 1. The third kappa shape index (κ3) is 3.62. The van der Waals surface area contributed by atoms with Crippen LogP contribution < -0.4 is 10.1 Å². The second-order valence-corrected chi connectivity index (χ2v) is 5.36. The molecule has 2 heterocycles. The van der Waals surface area contributed by atoms with Gasteiger partial charge in [0.05, 0.1) is 31.6 Å². The van der Waals surface area contributed by atoms with Gasteiger partial charge in [0, 0.05) is 18.7 Å². The zero-order chi connectivity index (χ0) is 15.4. The molecular weight excluding hydrogens is 272 g/mol. The molecule has 7 heteroatoms. The van der Waals surface area contributed by atoms with Crippen molar-refractivity contribution in [2.24, 2.45) is 0 Å². The number of carbonyl (C=O) groups is 1. The summed E-state index contributed by atoms with van der Waals surface area (Å²) in [6.07, 6.45) is 2.32. The number of urea groups is 1. The summed E-state index contributed by atoms with van der Waals surface area (Å²) in [4.78, 5) is 20.1. The Hall–Kier alpha value is -1.86. The van der Waals surface area contributed by atoms with Crippen molar-refractivity contribution in [3.63, 3.8) is 0 Å². The SMILES string of the molecule is COc1ccc(NC(=O)N2C[C@H](N(C)C)C[C@H]2CO)cn1. The number of amides is 2. The van der Waals surface area contributed by atoms with Crippen molar-refractivity contribution in [3.05, 3.63) is 18.3 Å². The van der Waals surface area contributed by atoms with Gasteiger partial charge < -0.3 is 25.0 Å². The van der Waals surface area contributed by atoms with E-state index in [4.69, 9.17) is 4.74 Å². The third-order valence-corrected chi connectivity index (χ3v) is 3.79.